The highest BCUT2D eigenvalue weighted by molar-refractivity contribution is 6.13. The van der Waals surface area contributed by atoms with Crippen molar-refractivity contribution >= 4 is 17.7 Å². The molecule has 3 amide bonds. The van der Waals surface area contributed by atoms with Crippen LogP contribution in [0.4, 0.5) is 0 Å². The molecule has 1 N–H and O–H groups in total. The zero-order chi connectivity index (χ0) is 19.0. The van der Waals surface area contributed by atoms with Gasteiger partial charge in [0.05, 0.1) is 39.6 Å². The van der Waals surface area contributed by atoms with E-state index < -0.39 is 11.8 Å². The van der Waals surface area contributed by atoms with Crippen LogP contribution in [0.5, 0.6) is 0 Å². The van der Waals surface area contributed by atoms with Crippen LogP contribution in [0.25, 0.3) is 10.4 Å². The van der Waals surface area contributed by atoms with Crippen molar-refractivity contribution in [3.8, 4) is 0 Å². The summed E-state index contributed by atoms with van der Waals surface area (Å²) >= 11 is 0. The molecule has 0 atom stereocenters. The second kappa shape index (κ2) is 13.8. The molecule has 26 heavy (non-hydrogen) atoms. The van der Waals surface area contributed by atoms with Gasteiger partial charge < -0.3 is 19.5 Å². The molecule has 0 unspecified atom stereocenters. The molecule has 0 aromatic rings. The zero-order valence-electron chi connectivity index (χ0n) is 14.5. The van der Waals surface area contributed by atoms with Crippen LogP contribution >= 0.6 is 0 Å². The van der Waals surface area contributed by atoms with Crippen molar-refractivity contribution in [2.75, 3.05) is 59.3 Å². The monoisotopic (exact) mass is 369 g/mol. The number of amides is 3. The van der Waals surface area contributed by atoms with Crippen molar-refractivity contribution in [2.24, 2.45) is 5.11 Å². The third-order valence-corrected chi connectivity index (χ3v) is 3.17. The molecular weight excluding hydrogens is 346 g/mol. The Morgan fingerprint density at radius 1 is 1.04 bits per heavy atom. The van der Waals surface area contributed by atoms with Crippen molar-refractivity contribution in [2.45, 2.75) is 6.42 Å². The van der Waals surface area contributed by atoms with Crippen LogP contribution in [0.2, 0.25) is 0 Å². The van der Waals surface area contributed by atoms with Gasteiger partial charge in [0.1, 0.15) is 0 Å². The smallest absolute Gasteiger partial charge is 0.253 e. The van der Waals surface area contributed by atoms with Gasteiger partial charge in [0.25, 0.3) is 11.8 Å². The van der Waals surface area contributed by atoms with Crippen molar-refractivity contribution in [1.29, 1.82) is 0 Å². The molecular formula is C15H23N5O6. The molecule has 0 spiro atoms. The molecule has 144 valence electrons. The summed E-state index contributed by atoms with van der Waals surface area (Å²) in [7, 11) is 0. The number of hydrogen-bond acceptors (Lipinski definition) is 7. The van der Waals surface area contributed by atoms with Gasteiger partial charge in [-0.2, -0.15) is 0 Å². The van der Waals surface area contributed by atoms with E-state index in [1.165, 1.54) is 12.2 Å². The second-order valence-corrected chi connectivity index (χ2v) is 5.05. The molecule has 1 aliphatic rings. The largest absolute Gasteiger partial charge is 0.379 e. The molecule has 11 nitrogen and oxygen atoms in total. The van der Waals surface area contributed by atoms with Gasteiger partial charge in [-0.05, 0) is 5.53 Å². The van der Waals surface area contributed by atoms with E-state index in [9.17, 15) is 14.4 Å². The maximum atomic E-state index is 11.6. The van der Waals surface area contributed by atoms with E-state index >= 15 is 0 Å². The minimum Gasteiger partial charge on any atom is -0.379 e. The fraction of sp³-hybridized carbons (Fsp3) is 0.667. The van der Waals surface area contributed by atoms with Crippen LogP contribution in [0.15, 0.2) is 17.3 Å². The average Bonchev–Trinajstić information content (AvgIpc) is 2.95. The molecule has 11 heteroatoms. The van der Waals surface area contributed by atoms with E-state index in [2.05, 4.69) is 15.3 Å². The van der Waals surface area contributed by atoms with Crippen molar-refractivity contribution in [3.63, 3.8) is 0 Å². The van der Waals surface area contributed by atoms with E-state index in [0.717, 1.165) is 4.90 Å². The molecule has 0 saturated carbocycles. The van der Waals surface area contributed by atoms with Crippen LogP contribution in [0.1, 0.15) is 6.42 Å². The Bertz CT molecular complexity index is 529. The molecule has 0 bridgehead atoms. The van der Waals surface area contributed by atoms with Gasteiger partial charge in [0.15, 0.2) is 0 Å². The molecule has 0 aliphatic carbocycles. The quantitative estimate of drug-likeness (QED) is 0.139. The highest BCUT2D eigenvalue weighted by Crippen LogP contribution is 2.03. The third kappa shape index (κ3) is 9.74. The lowest BCUT2D eigenvalue weighted by Crippen LogP contribution is -2.35. The van der Waals surface area contributed by atoms with Crippen LogP contribution in [0.3, 0.4) is 0 Å². The van der Waals surface area contributed by atoms with Gasteiger partial charge in [-0.25, -0.2) is 0 Å². The number of ether oxygens (including phenoxy) is 3. The maximum Gasteiger partial charge on any atom is 0.253 e. The molecule has 0 radical (unpaired) electrons. The minimum absolute atomic E-state index is 0.0575. The van der Waals surface area contributed by atoms with Crippen LogP contribution in [-0.2, 0) is 28.6 Å². The highest BCUT2D eigenvalue weighted by atomic mass is 16.5. The lowest BCUT2D eigenvalue weighted by molar-refractivity contribution is -0.137. The van der Waals surface area contributed by atoms with Gasteiger partial charge in [-0.3, -0.25) is 19.3 Å². The van der Waals surface area contributed by atoms with Gasteiger partial charge in [-0.15, -0.1) is 0 Å². The number of rotatable bonds is 15. The van der Waals surface area contributed by atoms with Crippen LogP contribution < -0.4 is 5.32 Å². The molecule has 0 aromatic carbocycles. The number of imide groups is 1. The number of nitrogens with one attached hydrogen (secondary N) is 1. The van der Waals surface area contributed by atoms with E-state index in [1.54, 1.807) is 0 Å². The summed E-state index contributed by atoms with van der Waals surface area (Å²) in [6.45, 7) is 3.01. The summed E-state index contributed by atoms with van der Waals surface area (Å²) in [5, 5.41) is 5.97. The SMILES string of the molecule is [N-]=[N+]=NCCOCCOCCOCCNC(=O)CCN1C(=O)C=CC1=O. The fourth-order valence-corrected chi connectivity index (χ4v) is 1.91. The van der Waals surface area contributed by atoms with E-state index in [-0.39, 0.29) is 18.9 Å². The number of nitrogens with zero attached hydrogens (tertiary/aromatic N) is 4. The second-order valence-electron chi connectivity index (χ2n) is 5.05. The Balaban J connectivity index is 1.85. The van der Waals surface area contributed by atoms with Crippen molar-refractivity contribution in [1.82, 2.24) is 10.2 Å². The standard InChI is InChI=1S/C15H23N5O6/c16-19-18-5-8-25-10-12-26-11-9-24-7-4-17-13(21)3-6-20-14(22)1-2-15(20)23/h1-2H,3-12H2,(H,17,21). The Labute approximate surface area is 150 Å². The Hall–Kier alpha value is -2.46. The lowest BCUT2D eigenvalue weighted by atomic mass is 10.3. The Kier molecular flexibility index (Phi) is 11.4. The first-order chi connectivity index (χ1) is 12.6. The predicted molar refractivity (Wildman–Crippen MR) is 90.0 cm³/mol. The molecule has 0 aromatic heterocycles. The highest BCUT2D eigenvalue weighted by Gasteiger charge is 2.23. The summed E-state index contributed by atoms with van der Waals surface area (Å²) in [6.07, 6.45) is 2.43. The van der Waals surface area contributed by atoms with Gasteiger partial charge in [0, 0.05) is 43.1 Å². The van der Waals surface area contributed by atoms with E-state index in [0.29, 0.717) is 52.7 Å². The normalized spacial score (nSPS) is 13.2. The fourth-order valence-electron chi connectivity index (χ4n) is 1.91. The van der Waals surface area contributed by atoms with Gasteiger partial charge in [0.2, 0.25) is 5.91 Å². The molecule has 1 heterocycles. The summed E-state index contributed by atoms with van der Waals surface area (Å²) in [5.74, 6) is -1.05. The first kappa shape index (κ1) is 21.6. The summed E-state index contributed by atoms with van der Waals surface area (Å²) in [4.78, 5) is 37.9. The molecule has 0 saturated heterocycles. The topological polar surface area (TPSA) is 143 Å². The molecule has 0 fully saturated rings. The van der Waals surface area contributed by atoms with Gasteiger partial charge in [-0.1, -0.05) is 5.11 Å². The van der Waals surface area contributed by atoms with E-state index in [1.807, 2.05) is 0 Å². The lowest BCUT2D eigenvalue weighted by Gasteiger charge is -2.13. The number of carbonyl (C=O) groups excluding carboxylic acids is 3. The number of carbonyl (C=O) groups is 3. The van der Waals surface area contributed by atoms with Crippen LogP contribution in [-0.4, -0.2) is 81.9 Å². The number of azide groups is 1. The summed E-state index contributed by atoms with van der Waals surface area (Å²) in [5.41, 5.74) is 8.06. The Morgan fingerprint density at radius 2 is 1.62 bits per heavy atom. The van der Waals surface area contributed by atoms with E-state index in [4.69, 9.17) is 19.7 Å². The number of hydrogen-bond donors (Lipinski definition) is 1. The predicted octanol–water partition coefficient (Wildman–Crippen LogP) is -0.222. The minimum atomic E-state index is -0.396. The maximum absolute atomic E-state index is 11.6. The van der Waals surface area contributed by atoms with Crippen LogP contribution in [0, 0.1) is 0 Å². The van der Waals surface area contributed by atoms with Crippen molar-refractivity contribution in [3.05, 3.63) is 22.6 Å². The Morgan fingerprint density at radius 3 is 2.23 bits per heavy atom. The average molecular weight is 369 g/mol. The molecule has 1 rings (SSSR count). The first-order valence-corrected chi connectivity index (χ1v) is 8.19. The third-order valence-electron chi connectivity index (χ3n) is 3.17. The molecule has 1 aliphatic heterocycles. The summed E-state index contributed by atoms with van der Waals surface area (Å²) in [6, 6.07) is 0. The summed E-state index contributed by atoms with van der Waals surface area (Å²) < 4.78 is 15.7. The van der Waals surface area contributed by atoms with Gasteiger partial charge >= 0.3 is 0 Å². The first-order valence-electron chi connectivity index (χ1n) is 8.19. The van der Waals surface area contributed by atoms with Crippen molar-refractivity contribution < 1.29 is 28.6 Å². The zero-order valence-corrected chi connectivity index (χ0v) is 14.5.